The molecule has 1 aromatic heterocycles. The average Bonchev–Trinajstić information content (AvgIpc) is 3.16. The van der Waals surface area contributed by atoms with Crippen LogP contribution >= 0.6 is 11.6 Å². The SMILES string of the molecule is CC(C)n1nnnc1COc1ccc(C(=O)NCCc2cccc(Cl)c2)cc1. The summed E-state index contributed by atoms with van der Waals surface area (Å²) in [7, 11) is 0. The van der Waals surface area contributed by atoms with Gasteiger partial charge in [0.25, 0.3) is 5.91 Å². The molecule has 0 aliphatic carbocycles. The van der Waals surface area contributed by atoms with E-state index in [2.05, 4.69) is 20.8 Å². The first kappa shape index (κ1) is 19.8. The van der Waals surface area contributed by atoms with Gasteiger partial charge in [-0.05, 0) is 72.7 Å². The van der Waals surface area contributed by atoms with Gasteiger partial charge in [0, 0.05) is 17.1 Å². The second-order valence-electron chi connectivity index (χ2n) is 6.58. The summed E-state index contributed by atoms with van der Waals surface area (Å²) >= 11 is 5.97. The number of hydrogen-bond acceptors (Lipinski definition) is 5. The molecule has 3 rings (SSSR count). The zero-order chi connectivity index (χ0) is 19.9. The van der Waals surface area contributed by atoms with Crippen LogP contribution in [0.2, 0.25) is 5.02 Å². The predicted molar refractivity (Wildman–Crippen MR) is 106 cm³/mol. The number of hydrogen-bond donors (Lipinski definition) is 1. The van der Waals surface area contributed by atoms with Gasteiger partial charge in [-0.3, -0.25) is 4.79 Å². The molecule has 7 nitrogen and oxygen atoms in total. The highest BCUT2D eigenvalue weighted by Crippen LogP contribution is 2.15. The maximum Gasteiger partial charge on any atom is 0.251 e. The van der Waals surface area contributed by atoms with Crippen molar-refractivity contribution in [2.24, 2.45) is 0 Å². The van der Waals surface area contributed by atoms with E-state index in [4.69, 9.17) is 16.3 Å². The summed E-state index contributed by atoms with van der Waals surface area (Å²) in [5.41, 5.74) is 1.66. The van der Waals surface area contributed by atoms with Gasteiger partial charge in [0.2, 0.25) is 0 Å². The molecule has 1 N–H and O–H groups in total. The van der Waals surface area contributed by atoms with Crippen LogP contribution in [0.3, 0.4) is 0 Å². The Hall–Kier alpha value is -2.93. The highest BCUT2D eigenvalue weighted by atomic mass is 35.5. The summed E-state index contributed by atoms with van der Waals surface area (Å²) in [5.74, 6) is 1.17. The molecule has 146 valence electrons. The van der Waals surface area contributed by atoms with Gasteiger partial charge in [-0.2, -0.15) is 0 Å². The van der Waals surface area contributed by atoms with Crippen LogP contribution in [-0.2, 0) is 13.0 Å². The van der Waals surface area contributed by atoms with Gasteiger partial charge in [-0.1, -0.05) is 23.7 Å². The second-order valence-corrected chi connectivity index (χ2v) is 7.02. The first-order chi connectivity index (χ1) is 13.5. The standard InChI is InChI=1S/C20H22ClN5O2/c1-14(2)26-19(23-24-25-26)13-28-18-8-6-16(7-9-18)20(27)22-11-10-15-4-3-5-17(21)12-15/h3-9,12,14H,10-11,13H2,1-2H3,(H,22,27). The fourth-order valence-corrected chi connectivity index (χ4v) is 2.89. The summed E-state index contributed by atoms with van der Waals surface area (Å²) in [6.07, 6.45) is 0.720. The van der Waals surface area contributed by atoms with Gasteiger partial charge in [-0.15, -0.1) is 5.10 Å². The number of rotatable bonds is 8. The Bertz CT molecular complexity index is 924. The number of aromatic nitrogens is 4. The Morgan fingerprint density at radius 1 is 1.21 bits per heavy atom. The van der Waals surface area contributed by atoms with E-state index in [1.165, 1.54) is 0 Å². The van der Waals surface area contributed by atoms with Crippen LogP contribution in [0.25, 0.3) is 0 Å². The monoisotopic (exact) mass is 399 g/mol. The smallest absolute Gasteiger partial charge is 0.251 e. The maximum absolute atomic E-state index is 12.3. The molecule has 8 heteroatoms. The van der Waals surface area contributed by atoms with E-state index in [9.17, 15) is 4.79 Å². The molecule has 0 fully saturated rings. The van der Waals surface area contributed by atoms with Gasteiger partial charge in [0.05, 0.1) is 6.04 Å². The second kappa shape index (κ2) is 9.32. The van der Waals surface area contributed by atoms with Crippen molar-refractivity contribution in [1.82, 2.24) is 25.5 Å². The van der Waals surface area contributed by atoms with Crippen LogP contribution in [0.15, 0.2) is 48.5 Å². The normalized spacial score (nSPS) is 10.9. The number of halogens is 1. The molecule has 0 saturated heterocycles. The molecule has 0 radical (unpaired) electrons. The van der Waals surface area contributed by atoms with Crippen LogP contribution in [0.4, 0.5) is 0 Å². The lowest BCUT2D eigenvalue weighted by molar-refractivity contribution is 0.0954. The largest absolute Gasteiger partial charge is 0.486 e. The molecule has 0 bridgehead atoms. The minimum Gasteiger partial charge on any atom is -0.486 e. The van der Waals surface area contributed by atoms with Gasteiger partial charge in [-0.25, -0.2) is 4.68 Å². The molecule has 3 aromatic rings. The molecule has 0 aliphatic rings. The average molecular weight is 400 g/mol. The Balaban J connectivity index is 1.49. The zero-order valence-corrected chi connectivity index (χ0v) is 16.6. The fraction of sp³-hybridized carbons (Fsp3) is 0.300. The van der Waals surface area contributed by atoms with E-state index in [1.807, 2.05) is 38.1 Å². The van der Waals surface area contributed by atoms with E-state index < -0.39 is 0 Å². The van der Waals surface area contributed by atoms with Crippen molar-refractivity contribution in [3.63, 3.8) is 0 Å². The van der Waals surface area contributed by atoms with Crippen LogP contribution < -0.4 is 10.1 Å². The van der Waals surface area contributed by atoms with Gasteiger partial charge < -0.3 is 10.1 Å². The van der Waals surface area contributed by atoms with Crippen LogP contribution in [0, 0.1) is 0 Å². The number of amides is 1. The topological polar surface area (TPSA) is 81.9 Å². The van der Waals surface area contributed by atoms with E-state index in [1.54, 1.807) is 28.9 Å². The Morgan fingerprint density at radius 3 is 2.71 bits per heavy atom. The third kappa shape index (κ3) is 5.29. The highest BCUT2D eigenvalue weighted by Gasteiger charge is 2.10. The summed E-state index contributed by atoms with van der Waals surface area (Å²) in [6, 6.07) is 14.8. The molecule has 1 heterocycles. The van der Waals surface area contributed by atoms with Crippen LogP contribution in [-0.4, -0.2) is 32.7 Å². The molecule has 1 amide bonds. The van der Waals surface area contributed by atoms with E-state index in [0.29, 0.717) is 28.7 Å². The quantitative estimate of drug-likeness (QED) is 0.627. The minimum absolute atomic E-state index is 0.127. The molecule has 0 saturated carbocycles. The first-order valence-corrected chi connectivity index (χ1v) is 9.43. The zero-order valence-electron chi connectivity index (χ0n) is 15.8. The summed E-state index contributed by atoms with van der Waals surface area (Å²) in [5, 5.41) is 15.2. The molecule has 0 spiro atoms. The molecule has 0 unspecified atom stereocenters. The Labute approximate surface area is 168 Å². The van der Waals surface area contributed by atoms with Crippen molar-refractivity contribution in [3.8, 4) is 5.75 Å². The van der Waals surface area contributed by atoms with E-state index >= 15 is 0 Å². The summed E-state index contributed by atoms with van der Waals surface area (Å²) < 4.78 is 7.43. The van der Waals surface area contributed by atoms with Crippen molar-refractivity contribution in [1.29, 1.82) is 0 Å². The third-order valence-corrected chi connectivity index (χ3v) is 4.36. The van der Waals surface area contributed by atoms with Gasteiger partial charge in [0.1, 0.15) is 12.4 Å². The summed E-state index contributed by atoms with van der Waals surface area (Å²) in [4.78, 5) is 12.3. The van der Waals surface area contributed by atoms with Crippen LogP contribution in [0.5, 0.6) is 5.75 Å². The van der Waals surface area contributed by atoms with E-state index in [0.717, 1.165) is 12.0 Å². The number of nitrogens with zero attached hydrogens (tertiary/aromatic N) is 4. The molecule has 0 aliphatic heterocycles. The van der Waals surface area contributed by atoms with Crippen molar-refractivity contribution >= 4 is 17.5 Å². The Morgan fingerprint density at radius 2 is 2.00 bits per heavy atom. The van der Waals surface area contributed by atoms with Crippen molar-refractivity contribution in [2.75, 3.05) is 6.54 Å². The van der Waals surface area contributed by atoms with Crippen molar-refractivity contribution < 1.29 is 9.53 Å². The lowest BCUT2D eigenvalue weighted by Crippen LogP contribution is -2.25. The summed E-state index contributed by atoms with van der Waals surface area (Å²) in [6.45, 7) is 4.80. The number of nitrogens with one attached hydrogen (secondary N) is 1. The predicted octanol–water partition coefficient (Wildman–Crippen LogP) is 3.46. The lowest BCUT2D eigenvalue weighted by atomic mass is 10.1. The number of benzene rings is 2. The lowest BCUT2D eigenvalue weighted by Gasteiger charge is -2.10. The number of carbonyl (C=O) groups is 1. The third-order valence-electron chi connectivity index (χ3n) is 4.12. The first-order valence-electron chi connectivity index (χ1n) is 9.05. The van der Waals surface area contributed by atoms with Crippen molar-refractivity contribution in [3.05, 3.63) is 70.5 Å². The number of ether oxygens (including phenoxy) is 1. The fourth-order valence-electron chi connectivity index (χ4n) is 2.67. The number of carbonyl (C=O) groups excluding carboxylic acids is 1. The van der Waals surface area contributed by atoms with E-state index in [-0.39, 0.29) is 18.6 Å². The molecule has 0 atom stereocenters. The molecule has 28 heavy (non-hydrogen) atoms. The molecular formula is C20H22ClN5O2. The molecule has 2 aromatic carbocycles. The number of tetrazole rings is 1. The van der Waals surface area contributed by atoms with Gasteiger partial charge >= 0.3 is 0 Å². The minimum atomic E-state index is -0.127. The maximum atomic E-state index is 12.3. The Kier molecular flexibility index (Phi) is 6.60. The van der Waals surface area contributed by atoms with Gasteiger partial charge in [0.15, 0.2) is 5.82 Å². The molecular weight excluding hydrogens is 378 g/mol. The highest BCUT2D eigenvalue weighted by molar-refractivity contribution is 6.30. The van der Waals surface area contributed by atoms with Crippen LogP contribution in [0.1, 0.15) is 41.6 Å². The van der Waals surface area contributed by atoms with Crippen molar-refractivity contribution in [2.45, 2.75) is 32.9 Å².